The first-order valence-electron chi connectivity index (χ1n) is 35.4. The lowest BCUT2D eigenvalue weighted by atomic mass is 9.50. The summed E-state index contributed by atoms with van der Waals surface area (Å²) in [7, 11) is 0. The molecule has 1 aliphatic heterocycles. The largest absolute Gasteiger partial charge is 0.298 e. The highest BCUT2D eigenvalue weighted by atomic mass is 79.9. The molecule has 0 aromatic carbocycles. The van der Waals surface area contributed by atoms with Crippen LogP contribution >= 0.6 is 227 Å². The summed E-state index contributed by atoms with van der Waals surface area (Å²) in [5, 5.41) is 4.20. The van der Waals surface area contributed by atoms with Crippen LogP contribution in [0.25, 0.3) is 0 Å². The van der Waals surface area contributed by atoms with Crippen LogP contribution < -0.4 is 0 Å². The molecule has 1 aliphatic carbocycles. The first kappa shape index (κ1) is 108. The first-order valence-corrected chi connectivity index (χ1v) is 49.9. The number of carbonyl (C=O) groups is 5. The number of hydrogen-bond donors (Lipinski definition) is 8. The second-order valence-corrected chi connectivity index (χ2v) is 42.4. The molecule has 0 bridgehead atoms. The van der Waals surface area contributed by atoms with E-state index in [0.717, 1.165) is 107 Å². The molecular formula is C71H140Br2O5S16. The predicted octanol–water partition coefficient (Wildman–Crippen LogP) is 23.6. The van der Waals surface area contributed by atoms with Crippen LogP contribution in [0.4, 0.5) is 0 Å². The maximum absolute atomic E-state index is 13.7. The van der Waals surface area contributed by atoms with Gasteiger partial charge in [-0.2, -0.15) is 172 Å². The lowest BCUT2D eigenvalue weighted by Gasteiger charge is -2.55. The molecular weight excluding hydrogens is 1610 g/mol. The van der Waals surface area contributed by atoms with Gasteiger partial charge >= 0.3 is 0 Å². The fraction of sp³-hybridized carbons (Fsp3) is 0.930. The highest BCUT2D eigenvalue weighted by Crippen LogP contribution is 2.54. The van der Waals surface area contributed by atoms with Crippen molar-refractivity contribution in [3.63, 3.8) is 0 Å². The molecule has 0 aromatic heterocycles. The third kappa shape index (κ3) is 46.2. The molecule has 0 spiro atoms. The smallest absolute Gasteiger partial charge is 0.147 e. The second-order valence-electron chi connectivity index (χ2n) is 24.1. The summed E-state index contributed by atoms with van der Waals surface area (Å²) in [6.45, 7) is 49.8. The van der Waals surface area contributed by atoms with Gasteiger partial charge in [-0.25, -0.2) is 0 Å². The van der Waals surface area contributed by atoms with Gasteiger partial charge in [0.15, 0.2) is 0 Å². The Morgan fingerprint density at radius 3 is 1.06 bits per heavy atom. The van der Waals surface area contributed by atoms with Crippen molar-refractivity contribution in [2.24, 2.45) is 35.5 Å². The molecule has 0 aromatic rings. The highest BCUT2D eigenvalue weighted by molar-refractivity contribution is 9.12. The molecule has 2 rings (SSSR count). The van der Waals surface area contributed by atoms with Gasteiger partial charge < -0.3 is 0 Å². The summed E-state index contributed by atoms with van der Waals surface area (Å²) >= 11 is 54.8. The predicted molar refractivity (Wildman–Crippen MR) is 486 cm³/mol. The number of halogens is 2. The van der Waals surface area contributed by atoms with E-state index in [1.807, 2.05) is 133 Å². The number of ketones is 5. The van der Waals surface area contributed by atoms with Crippen molar-refractivity contribution in [1.82, 2.24) is 0 Å². The van der Waals surface area contributed by atoms with Gasteiger partial charge in [-0.05, 0) is 84.2 Å². The van der Waals surface area contributed by atoms with E-state index in [1.54, 1.807) is 23.5 Å². The number of hydrogen-bond acceptors (Lipinski definition) is 21. The maximum atomic E-state index is 13.7. The Balaban J connectivity index is -0.000000455. The van der Waals surface area contributed by atoms with Crippen LogP contribution in [-0.4, -0.2) is 169 Å². The monoisotopic (exact) mass is 1740 g/mol. The Labute approximate surface area is 677 Å². The molecule has 1 heterocycles. The quantitative estimate of drug-likeness (QED) is 0.0229. The third-order valence-electron chi connectivity index (χ3n) is 17.1. The van der Waals surface area contributed by atoms with E-state index in [9.17, 15) is 24.0 Å². The van der Waals surface area contributed by atoms with Gasteiger partial charge in [-0.3, -0.25) is 24.0 Å². The minimum Gasteiger partial charge on any atom is -0.298 e. The average Bonchev–Trinajstić information content (AvgIpc) is 0.769. The molecule has 5 unspecified atom stereocenters. The zero-order valence-corrected chi connectivity index (χ0v) is 79.4. The van der Waals surface area contributed by atoms with E-state index < -0.39 is 0 Å². The van der Waals surface area contributed by atoms with Crippen LogP contribution in [0, 0.1) is 35.5 Å². The summed E-state index contributed by atoms with van der Waals surface area (Å²) in [5.74, 6) is 14.3. The van der Waals surface area contributed by atoms with Crippen LogP contribution in [0.15, 0.2) is 0 Å². The van der Waals surface area contributed by atoms with E-state index in [-0.39, 0.29) is 47.4 Å². The number of thioether (sulfide) groups is 8. The molecule has 2 fully saturated rings. The van der Waals surface area contributed by atoms with E-state index in [4.69, 9.17) is 0 Å². The minimum absolute atomic E-state index is 0.00126. The Hall–Kier alpha value is 4.91. The van der Waals surface area contributed by atoms with Crippen LogP contribution in [0.3, 0.4) is 0 Å². The van der Waals surface area contributed by atoms with E-state index >= 15 is 0 Å². The van der Waals surface area contributed by atoms with Crippen molar-refractivity contribution in [2.45, 2.75) is 319 Å². The van der Waals surface area contributed by atoms with Crippen molar-refractivity contribution in [1.29, 1.82) is 0 Å². The van der Waals surface area contributed by atoms with E-state index in [0.29, 0.717) is 108 Å². The molecule has 1 saturated heterocycles. The van der Waals surface area contributed by atoms with Gasteiger partial charge in [0, 0.05) is 123 Å². The summed E-state index contributed by atoms with van der Waals surface area (Å²) in [4.78, 5) is 63.3. The number of alkyl halides is 2. The van der Waals surface area contributed by atoms with Crippen LogP contribution in [0.2, 0.25) is 0 Å². The first-order chi connectivity index (χ1) is 44.2. The zero-order chi connectivity index (χ0) is 74.0. The minimum atomic E-state index is -0.118. The van der Waals surface area contributed by atoms with Crippen molar-refractivity contribution >= 4 is 256 Å². The molecule has 2 aliphatic rings. The van der Waals surface area contributed by atoms with Crippen molar-refractivity contribution < 1.29 is 24.0 Å². The van der Waals surface area contributed by atoms with Crippen molar-refractivity contribution in [2.75, 3.05) is 51.4 Å². The summed E-state index contributed by atoms with van der Waals surface area (Å²) in [5.41, 5.74) is 0. The molecule has 1 saturated carbocycles. The fourth-order valence-corrected chi connectivity index (χ4v) is 26.1. The van der Waals surface area contributed by atoms with E-state index in [2.05, 4.69) is 230 Å². The highest BCUT2D eigenvalue weighted by Gasteiger charge is 2.48. The van der Waals surface area contributed by atoms with Gasteiger partial charge in [0.1, 0.15) is 28.9 Å². The summed E-state index contributed by atoms with van der Waals surface area (Å²) in [6.07, 6.45) is 9.59. The number of thiol groups is 8. The van der Waals surface area contributed by atoms with Gasteiger partial charge in [-0.15, -0.1) is 23.5 Å². The second kappa shape index (κ2) is 67.3. The average molecular weight is 1750 g/mol. The van der Waals surface area contributed by atoms with Gasteiger partial charge in [0.05, 0.1) is 25.8 Å². The Morgan fingerprint density at radius 2 is 0.798 bits per heavy atom. The van der Waals surface area contributed by atoms with Crippen LogP contribution in [-0.2, 0) is 24.0 Å². The third-order valence-corrected chi connectivity index (χ3v) is 37.4. The lowest BCUT2D eigenvalue weighted by Crippen LogP contribution is -2.49. The molecule has 23 atom stereocenters. The number of rotatable bonds is 35. The maximum Gasteiger partial charge on any atom is 0.147 e. The van der Waals surface area contributed by atoms with Crippen LogP contribution in [0.1, 0.15) is 230 Å². The molecule has 564 valence electrons. The lowest BCUT2D eigenvalue weighted by molar-refractivity contribution is -0.118. The van der Waals surface area contributed by atoms with Gasteiger partial charge in [-0.1, -0.05) is 204 Å². The molecule has 5 nitrogen and oxygen atoms in total. The Bertz CT molecular complexity index is 1800. The number of carbonyl (C=O) groups excluding carboxylic acids is 5. The SMILES string of the molecule is CCC(=O)C(Br)CBr.CCS.CCS.CCSC(CS[C@H](CC)[C@H]1SCC(C(=O)CC)S[C@H]([C@@H](CC)SCC(SCC)C(=O)CC)[C@H](C)SC(C(=O)CC)CS[C@H]1C)C(=O)CC.CC[C@@H](C)[C@@H]1[C@H](C)[C@H](C)[C@@H]1[C@H](C)CC.CC[C@@H](S)[C@@H](S)[C@H](C)S.CC[C@@H](S)[C@@H](S)[C@H](C)S. The Morgan fingerprint density at radius 1 is 0.457 bits per heavy atom. The van der Waals surface area contributed by atoms with Crippen molar-refractivity contribution in [3.05, 3.63) is 0 Å². The summed E-state index contributed by atoms with van der Waals surface area (Å²) in [6, 6.07) is 0. The molecule has 0 radical (unpaired) electrons. The summed E-state index contributed by atoms with van der Waals surface area (Å²) < 4.78 is 0. The Kier molecular flexibility index (Phi) is 76.9. The van der Waals surface area contributed by atoms with Crippen LogP contribution in [0.5, 0.6) is 0 Å². The molecule has 0 amide bonds. The zero-order valence-electron chi connectivity index (χ0n) is 62.6. The molecule has 0 N–H and O–H groups in total. The standard InChI is InChI=1S/C36H64O4S8.C14H28.2C6H14S3.C5H8Br2O.2C2H6S/c1-11-25(37)31(41-17-7)19-44-29(15-5)35-23(9)43-21-33(27(39)13-3)47-24(10)36(48-34(22-46-35)28(40)14-4)30(16-6)45-20-32(42-18-8)26(38)12-2;1-7-9(3)13-11(5)12(6)14(13)10(4)8-2;2*1-3-5(8)6(9)4(2)7;1-2-5(8)4(7)3-6;2*1-2-3/h23-24,29-36H,11-22H2,1-10H3;9-14H,7-8H2,1-6H3;2*4-9H,3H2,1-2H3;4H,2-3H2,1H3;2*3H,2H2,1H3/t23-,24-,29+,30+,31?,32?,33?,34?,35-,36-;9-,10-,11-,12+,13-,14+;2*4-,5+,6-;;;/m0100.../s1. The topological polar surface area (TPSA) is 85.3 Å². The van der Waals surface area contributed by atoms with E-state index in [1.165, 1.54) is 12.8 Å². The van der Waals surface area contributed by atoms with Crippen molar-refractivity contribution in [3.8, 4) is 0 Å². The molecule has 23 heteroatoms. The fourth-order valence-electron chi connectivity index (χ4n) is 10.6. The van der Waals surface area contributed by atoms with Gasteiger partial charge in [0.25, 0.3) is 0 Å². The number of Topliss-reactive ketones (excluding diaryl/α,β-unsaturated/α-hetero) is 5. The molecule has 94 heavy (non-hydrogen) atoms. The normalized spacial score (nSPS) is 25.4. The van der Waals surface area contributed by atoms with Gasteiger partial charge in [0.2, 0.25) is 0 Å².